The van der Waals surface area contributed by atoms with Crippen molar-refractivity contribution in [2.24, 2.45) is 0 Å². The van der Waals surface area contributed by atoms with Crippen molar-refractivity contribution in [3.8, 4) is 44.5 Å². The van der Waals surface area contributed by atoms with Gasteiger partial charge in [0, 0.05) is 0 Å². The van der Waals surface area contributed by atoms with Gasteiger partial charge in [0.2, 0.25) is 0 Å². The summed E-state index contributed by atoms with van der Waals surface area (Å²) < 4.78 is 271. The summed E-state index contributed by atoms with van der Waals surface area (Å²) in [5, 5.41) is -6.31. The molecule has 0 unspecified atom stereocenters. The third-order valence-corrected chi connectivity index (χ3v) is 7.19. The Morgan fingerprint density at radius 3 is 1.63 bits per heavy atom. The molecule has 0 N–H and O–H groups in total. The number of benzene rings is 9. The maximum absolute atomic E-state index is 10.2. The molecule has 0 aromatic heterocycles. The lowest BCUT2D eigenvalue weighted by Gasteiger charge is -2.19. The highest BCUT2D eigenvalue weighted by Gasteiger charge is 2.18. The molecule has 0 fully saturated rings. The van der Waals surface area contributed by atoms with Crippen molar-refractivity contribution in [3.63, 3.8) is 0 Å². The van der Waals surface area contributed by atoms with Gasteiger partial charge in [-0.25, -0.2) is 0 Å². The maximum atomic E-state index is 10.2. The smallest absolute Gasteiger partial charge is 0.0622 e. The Morgan fingerprint density at radius 1 is 0.261 bits per heavy atom. The van der Waals surface area contributed by atoms with Crippen molar-refractivity contribution in [1.82, 2.24) is 0 Å². The zero-order valence-electron chi connectivity index (χ0n) is 53.0. The molecule has 0 bridgehead atoms. The van der Waals surface area contributed by atoms with Gasteiger partial charge in [0.05, 0.1) is 41.1 Å². The Bertz CT molecular complexity index is 4240. The molecule has 0 nitrogen and oxygen atoms in total. The molecule has 0 atom stereocenters. The molecular weight excluding hydrogens is 553 g/mol. The molecular formula is C46H30. The van der Waals surface area contributed by atoms with Crippen LogP contribution in [0, 0.1) is 0 Å². The van der Waals surface area contributed by atoms with Gasteiger partial charge in [-0.05, 0) is 106 Å². The number of hydrogen-bond acceptors (Lipinski definition) is 0. The van der Waals surface area contributed by atoms with Crippen LogP contribution in [0.3, 0.4) is 0 Å². The van der Waals surface area contributed by atoms with Crippen molar-refractivity contribution in [3.05, 3.63) is 181 Å². The van der Waals surface area contributed by atoms with Gasteiger partial charge in [-0.1, -0.05) is 163 Å². The van der Waals surface area contributed by atoms with Crippen LogP contribution >= 0.6 is 0 Å². The molecule has 9 aromatic carbocycles. The minimum atomic E-state index is -1.18. The van der Waals surface area contributed by atoms with Crippen LogP contribution in [0.25, 0.3) is 87.6 Å². The second kappa shape index (κ2) is 10.9. The fourth-order valence-corrected chi connectivity index (χ4v) is 5.22. The summed E-state index contributed by atoms with van der Waals surface area (Å²) in [7, 11) is 0. The third kappa shape index (κ3) is 4.38. The molecule has 9 aromatic rings. The van der Waals surface area contributed by atoms with Crippen LogP contribution in [0.15, 0.2) is 181 Å². The van der Waals surface area contributed by atoms with E-state index in [0.29, 0.717) is 0 Å². The molecule has 0 amide bonds. The van der Waals surface area contributed by atoms with Gasteiger partial charge < -0.3 is 0 Å². The van der Waals surface area contributed by atoms with E-state index in [9.17, 15) is 15.1 Å². The molecule has 0 spiro atoms. The molecule has 0 saturated carbocycles. The van der Waals surface area contributed by atoms with Gasteiger partial charge in [0.1, 0.15) is 0 Å². The summed E-state index contributed by atoms with van der Waals surface area (Å²) in [5.41, 5.74) is -7.15. The van der Waals surface area contributed by atoms with Gasteiger partial charge in [0.15, 0.2) is 0 Å². The molecule has 0 heteroatoms. The molecule has 0 aliphatic heterocycles. The van der Waals surface area contributed by atoms with E-state index < -0.39 is 269 Å². The van der Waals surface area contributed by atoms with Gasteiger partial charge in [-0.15, -0.1) is 0 Å². The quantitative estimate of drug-likeness (QED) is 0.173. The van der Waals surface area contributed by atoms with Crippen molar-refractivity contribution >= 4 is 43.1 Å². The first kappa shape index (κ1) is 10.0. The highest BCUT2D eigenvalue weighted by Crippen LogP contribution is 2.46. The van der Waals surface area contributed by atoms with Crippen LogP contribution in [0.2, 0.25) is 0 Å². The monoisotopic (exact) mass is 612 g/mol. The van der Waals surface area contributed by atoms with Gasteiger partial charge >= 0.3 is 0 Å². The van der Waals surface area contributed by atoms with Gasteiger partial charge in [-0.3, -0.25) is 0 Å². The van der Waals surface area contributed by atoms with Crippen molar-refractivity contribution in [2.75, 3.05) is 0 Å². The minimum absolute atomic E-state index is 0.660. The molecule has 0 heterocycles. The normalized spacial score (nSPS) is 20.6. The Labute approximate surface area is 311 Å². The van der Waals surface area contributed by atoms with Crippen LogP contribution in [-0.4, -0.2) is 0 Å². The Morgan fingerprint density at radius 2 is 0.804 bits per heavy atom. The zero-order chi connectivity index (χ0) is 56.6. The van der Waals surface area contributed by atoms with Crippen LogP contribution in [-0.2, 0) is 0 Å². The van der Waals surface area contributed by atoms with Gasteiger partial charge in [0.25, 0.3) is 0 Å². The van der Waals surface area contributed by atoms with E-state index in [-0.39, 0.29) is 0 Å². The lowest BCUT2D eigenvalue weighted by molar-refractivity contribution is 1.61. The second-order valence-electron chi connectivity index (χ2n) is 9.75. The molecule has 46 heavy (non-hydrogen) atoms. The Hall–Kier alpha value is -5.98. The van der Waals surface area contributed by atoms with E-state index in [1.807, 2.05) is 0 Å². The first-order chi connectivity index (χ1) is 35.3. The summed E-state index contributed by atoms with van der Waals surface area (Å²) in [5.74, 6) is 0. The summed E-state index contributed by atoms with van der Waals surface area (Å²) in [6.45, 7) is 0. The molecule has 0 aliphatic rings. The standard InChI is InChI=1S/C46H30/c1-2-12-31(13-3-1)35-18-10-19-37(28-35)45-41-21-8-9-22-42(41)46(38-25-24-32-14-4-5-16-34(32)29-38)44-30-36(26-27-43(44)45)40-23-11-17-33-15-6-7-20-39(33)40/h1-30H/i1D,2D,3D,4D,5D,6D,7D,8D,9D,10D,11D,12D,13D,14D,15D,16D,17D,18D,19D,20D,21D,22D,23D,24D,25D,26D,27D,28D,29D,30D. The van der Waals surface area contributed by atoms with Gasteiger partial charge in [-0.2, -0.15) is 0 Å². The molecule has 214 valence electrons. The van der Waals surface area contributed by atoms with E-state index in [2.05, 4.69) is 0 Å². The predicted octanol–water partition coefficient (Wildman–Crippen LogP) is 13.0. The maximum Gasteiger partial charge on any atom is 0.0636 e. The topological polar surface area (TPSA) is 0 Å². The van der Waals surface area contributed by atoms with Crippen LogP contribution < -0.4 is 0 Å². The van der Waals surface area contributed by atoms with E-state index in [0.717, 1.165) is 0 Å². The summed E-state index contributed by atoms with van der Waals surface area (Å²) in [4.78, 5) is 0. The first-order valence-electron chi connectivity index (χ1n) is 28.5. The largest absolute Gasteiger partial charge is 0.0636 e. The fraction of sp³-hybridized carbons (Fsp3) is 0. The molecule has 0 aliphatic carbocycles. The number of rotatable bonds is 4. The predicted molar refractivity (Wildman–Crippen MR) is 198 cm³/mol. The molecule has 0 saturated heterocycles. The molecule has 0 radical (unpaired) electrons. The van der Waals surface area contributed by atoms with Crippen LogP contribution in [0.1, 0.15) is 41.1 Å². The Balaban J connectivity index is 1.70. The molecule has 9 rings (SSSR count). The van der Waals surface area contributed by atoms with E-state index in [1.54, 1.807) is 0 Å². The van der Waals surface area contributed by atoms with E-state index in [1.165, 1.54) is 0 Å². The third-order valence-electron chi connectivity index (χ3n) is 7.19. The van der Waals surface area contributed by atoms with Crippen molar-refractivity contribution in [2.45, 2.75) is 0 Å². The number of hydrogen-bond donors (Lipinski definition) is 0. The second-order valence-corrected chi connectivity index (χ2v) is 9.75. The van der Waals surface area contributed by atoms with Crippen molar-refractivity contribution < 1.29 is 41.1 Å². The van der Waals surface area contributed by atoms with Crippen molar-refractivity contribution in [1.29, 1.82) is 0 Å². The average molecular weight is 613 g/mol. The summed E-state index contributed by atoms with van der Waals surface area (Å²) in [6.07, 6.45) is 0. The fourth-order valence-electron chi connectivity index (χ4n) is 5.22. The highest BCUT2D eigenvalue weighted by atomic mass is 14.2. The Kier molecular flexibility index (Phi) is 2.37. The number of fused-ring (bicyclic) bond motifs is 4. The SMILES string of the molecule is [2H]c1c([2H])c([2H])c(-c2c([2H])c([2H])c([2H])c(-c3c4c([2H])c([2H])c([2H])c([2H])c4c(-c4c([2H])c([2H])c5c([2H])c([2H])c([2H])c([2H])c5c4[2H])c4c([2H])c(-c5c([2H])c([2H])c([2H])c6c([2H])c([2H])c([2H])c([2H])c56)c([2H])c([2H])c34)c2[2H])c([2H])c1[2H]. The lowest BCUT2D eigenvalue weighted by Crippen LogP contribution is -1.92. The average Bonchev–Trinajstić information content (AvgIpc) is 3.38. The summed E-state index contributed by atoms with van der Waals surface area (Å²) >= 11 is 0. The van der Waals surface area contributed by atoms with Crippen LogP contribution in [0.4, 0.5) is 0 Å². The van der Waals surface area contributed by atoms with E-state index in [4.69, 9.17) is 26.0 Å². The lowest BCUT2D eigenvalue weighted by atomic mass is 9.84. The zero-order valence-corrected chi connectivity index (χ0v) is 23.0. The minimum Gasteiger partial charge on any atom is -0.0622 e. The summed E-state index contributed by atoms with van der Waals surface area (Å²) in [6, 6.07) is -30.4. The first-order valence-corrected chi connectivity index (χ1v) is 13.5. The van der Waals surface area contributed by atoms with Crippen LogP contribution in [0.5, 0.6) is 0 Å². The van der Waals surface area contributed by atoms with E-state index >= 15 is 0 Å². The highest BCUT2D eigenvalue weighted by molar-refractivity contribution is 6.22.